The van der Waals surface area contributed by atoms with Gasteiger partial charge in [0.2, 0.25) is 41.4 Å². The number of nitrogens with one attached hydrogen (secondary N) is 6. The molecule has 19 nitrogen and oxygen atoms in total. The topological polar surface area (TPSA) is 296 Å². The zero-order valence-corrected chi connectivity index (χ0v) is 37.3. The summed E-state index contributed by atoms with van der Waals surface area (Å²) >= 11 is 0. The number of hydrogen-bond acceptors (Lipinski definition) is 11. The summed E-state index contributed by atoms with van der Waals surface area (Å²) in [6.45, 7) is 10.2. The van der Waals surface area contributed by atoms with Crippen LogP contribution >= 0.6 is 0 Å². The van der Waals surface area contributed by atoms with Gasteiger partial charge in [-0.3, -0.25) is 38.4 Å². The Morgan fingerprint density at radius 1 is 0.703 bits per heavy atom. The Morgan fingerprint density at radius 3 is 1.78 bits per heavy atom. The van der Waals surface area contributed by atoms with Gasteiger partial charge >= 0.3 is 5.97 Å². The molecule has 1 fully saturated rings. The zero-order valence-electron chi connectivity index (χ0n) is 37.3. The minimum atomic E-state index is -1.34. The first-order valence-electron chi connectivity index (χ1n) is 21.7. The molecule has 0 bridgehead atoms. The number of nitrogens with two attached hydrogens (primary N) is 1. The summed E-state index contributed by atoms with van der Waals surface area (Å²) in [6.07, 6.45) is 1.14. The lowest BCUT2D eigenvalue weighted by Crippen LogP contribution is -2.61. The molecule has 19 heteroatoms. The van der Waals surface area contributed by atoms with Crippen LogP contribution in [0.25, 0.3) is 0 Å². The molecule has 1 aliphatic rings. The zero-order chi connectivity index (χ0) is 47.7. The standard InChI is InChI=1S/C45H64N8O11/c1-7-25(3)37(51-39(58)27(5)46)44(63)47-28(6)40(59)49-33(22-30-16-18-32(55)19-17-30)41(60)50-34(21-29-13-10-9-11-14-29)42(61)52-38(26(4)8-2)45(64)53-20-12-15-35(53)43(62)48-31(24-54)23-36(56)57/h9-11,13-14,16-19,24-28,31,33-35,37-38,55H,7-8,12,15,20-23,46H2,1-6H3,(H,47,63)(H,48,62)(H,49,59)(H,50,60)(H,51,58)(H,52,61)(H,56,57)/t25-,26-,27-,28-,31-,33-,34-,35-,37-,38-/m0/s1. The number of aliphatic carboxylic acids is 1. The highest BCUT2D eigenvalue weighted by Gasteiger charge is 2.41. The fraction of sp³-hybridized carbons (Fsp3) is 0.533. The molecule has 64 heavy (non-hydrogen) atoms. The monoisotopic (exact) mass is 892 g/mol. The molecule has 1 saturated heterocycles. The molecule has 3 rings (SSSR count). The van der Waals surface area contributed by atoms with E-state index < -0.39 is 108 Å². The maximum absolute atomic E-state index is 14.4. The van der Waals surface area contributed by atoms with Gasteiger partial charge in [-0.1, -0.05) is 83.0 Å². The number of phenols is 1. The largest absolute Gasteiger partial charge is 0.508 e. The summed E-state index contributed by atoms with van der Waals surface area (Å²) in [5.74, 6) is -6.87. The van der Waals surface area contributed by atoms with E-state index in [1.165, 1.54) is 30.9 Å². The second-order valence-corrected chi connectivity index (χ2v) is 16.5. The van der Waals surface area contributed by atoms with Gasteiger partial charge in [0.05, 0.1) is 18.5 Å². The summed E-state index contributed by atoms with van der Waals surface area (Å²) in [4.78, 5) is 120. The number of rotatable bonds is 24. The van der Waals surface area contributed by atoms with E-state index >= 15 is 0 Å². The van der Waals surface area contributed by atoms with Crippen molar-refractivity contribution in [3.05, 3.63) is 65.7 Å². The minimum Gasteiger partial charge on any atom is -0.508 e. The number of aromatic hydroxyl groups is 1. The highest BCUT2D eigenvalue weighted by molar-refractivity contribution is 5.98. The van der Waals surface area contributed by atoms with E-state index in [1.807, 2.05) is 13.8 Å². The van der Waals surface area contributed by atoms with Crippen molar-refractivity contribution < 1.29 is 53.4 Å². The van der Waals surface area contributed by atoms with Crippen LogP contribution < -0.4 is 37.6 Å². The lowest BCUT2D eigenvalue weighted by atomic mass is 9.96. The van der Waals surface area contributed by atoms with Crippen LogP contribution in [0, 0.1) is 11.8 Å². The van der Waals surface area contributed by atoms with Crippen molar-refractivity contribution in [3.8, 4) is 5.75 Å². The number of carboxylic acid groups (broad SMARTS) is 1. The lowest BCUT2D eigenvalue weighted by Gasteiger charge is -2.33. The van der Waals surface area contributed by atoms with Gasteiger partial charge in [0.15, 0.2) is 0 Å². The fourth-order valence-electron chi connectivity index (χ4n) is 7.08. The summed E-state index contributed by atoms with van der Waals surface area (Å²) in [5.41, 5.74) is 6.90. The third-order valence-corrected chi connectivity index (χ3v) is 11.4. The van der Waals surface area contributed by atoms with E-state index in [4.69, 9.17) is 10.8 Å². The summed E-state index contributed by atoms with van der Waals surface area (Å²) < 4.78 is 0. The average molecular weight is 893 g/mol. The normalized spacial score (nSPS) is 17.7. The van der Waals surface area contributed by atoms with Gasteiger partial charge in [-0.25, -0.2) is 0 Å². The molecule has 0 unspecified atom stereocenters. The molecule has 0 saturated carbocycles. The Morgan fingerprint density at radius 2 is 1.23 bits per heavy atom. The van der Waals surface area contributed by atoms with Gasteiger partial charge in [0.25, 0.3) is 0 Å². The van der Waals surface area contributed by atoms with Crippen LogP contribution in [0.4, 0.5) is 0 Å². The molecule has 1 heterocycles. The van der Waals surface area contributed by atoms with Crippen LogP contribution in [0.15, 0.2) is 54.6 Å². The molecular weight excluding hydrogens is 829 g/mol. The van der Waals surface area contributed by atoms with Crippen molar-refractivity contribution in [3.63, 3.8) is 0 Å². The third-order valence-electron chi connectivity index (χ3n) is 11.4. The van der Waals surface area contributed by atoms with Gasteiger partial charge in [-0.15, -0.1) is 0 Å². The van der Waals surface area contributed by atoms with E-state index in [-0.39, 0.29) is 37.5 Å². The number of benzene rings is 2. The number of carbonyl (C=O) groups is 9. The van der Waals surface area contributed by atoms with Gasteiger partial charge in [0, 0.05) is 19.4 Å². The van der Waals surface area contributed by atoms with Crippen LogP contribution in [0.3, 0.4) is 0 Å². The SMILES string of the molecule is CC[C@H](C)[C@H](NC(=O)[C@H](C)N)C(=O)N[C@@H](C)C(=O)N[C@@H](Cc1ccc(O)cc1)C(=O)N[C@@H](Cc1ccccc1)C(=O)N[C@H](C(=O)N1CCC[C@H]1C(=O)N[C@H](C=O)CC(=O)O)[C@@H](C)CC. The van der Waals surface area contributed by atoms with Gasteiger partial charge in [-0.2, -0.15) is 0 Å². The van der Waals surface area contributed by atoms with Gasteiger partial charge in [0.1, 0.15) is 48.3 Å². The molecule has 0 aliphatic carbocycles. The predicted octanol–water partition coefficient (Wildman–Crippen LogP) is 0.210. The van der Waals surface area contributed by atoms with Crippen molar-refractivity contribution >= 4 is 53.6 Å². The first-order valence-corrected chi connectivity index (χ1v) is 21.7. The van der Waals surface area contributed by atoms with E-state index in [0.29, 0.717) is 36.7 Å². The molecule has 0 radical (unpaired) electrons. The van der Waals surface area contributed by atoms with Crippen LogP contribution in [0.5, 0.6) is 5.75 Å². The van der Waals surface area contributed by atoms with E-state index in [0.717, 1.165) is 0 Å². The van der Waals surface area contributed by atoms with Crippen LogP contribution in [-0.2, 0) is 56.0 Å². The predicted molar refractivity (Wildman–Crippen MR) is 235 cm³/mol. The second kappa shape index (κ2) is 25.1. The Balaban J connectivity index is 1.91. The van der Waals surface area contributed by atoms with Crippen molar-refractivity contribution in [2.45, 2.75) is 135 Å². The van der Waals surface area contributed by atoms with Gasteiger partial charge in [-0.05, 0) is 61.8 Å². The number of carboxylic acids is 1. The summed E-state index contributed by atoms with van der Waals surface area (Å²) in [6, 6.07) is 5.44. The number of amides is 7. The molecule has 0 spiro atoms. The van der Waals surface area contributed by atoms with Crippen molar-refractivity contribution in [2.24, 2.45) is 17.6 Å². The Hall–Kier alpha value is -6.37. The maximum Gasteiger partial charge on any atom is 0.305 e. The molecule has 1 aliphatic heterocycles. The Kier molecular flexibility index (Phi) is 20.4. The van der Waals surface area contributed by atoms with E-state index in [1.54, 1.807) is 56.3 Å². The third kappa shape index (κ3) is 15.5. The second-order valence-electron chi connectivity index (χ2n) is 16.5. The van der Waals surface area contributed by atoms with Crippen molar-refractivity contribution in [1.82, 2.24) is 36.8 Å². The lowest BCUT2D eigenvalue weighted by molar-refractivity contribution is -0.144. The molecule has 7 amide bonds. The van der Waals surface area contributed by atoms with Crippen molar-refractivity contribution in [2.75, 3.05) is 6.54 Å². The van der Waals surface area contributed by atoms with Crippen LogP contribution in [0.1, 0.15) is 84.8 Å². The number of hydrogen-bond donors (Lipinski definition) is 9. The first-order chi connectivity index (χ1) is 30.3. The maximum atomic E-state index is 14.4. The minimum absolute atomic E-state index is 0.0358. The highest BCUT2D eigenvalue weighted by Crippen LogP contribution is 2.22. The number of aldehydes is 1. The van der Waals surface area contributed by atoms with Gasteiger partial charge < -0.3 is 57.5 Å². The summed E-state index contributed by atoms with van der Waals surface area (Å²) in [5, 5.41) is 35.0. The van der Waals surface area contributed by atoms with Crippen LogP contribution in [0.2, 0.25) is 0 Å². The number of likely N-dealkylation sites (tertiary alicyclic amines) is 1. The van der Waals surface area contributed by atoms with Crippen LogP contribution in [-0.4, -0.2) is 124 Å². The number of nitrogens with zero attached hydrogens (tertiary/aromatic N) is 1. The highest BCUT2D eigenvalue weighted by atomic mass is 16.4. The molecule has 0 aromatic heterocycles. The Bertz CT molecular complexity index is 1950. The van der Waals surface area contributed by atoms with Crippen molar-refractivity contribution in [1.29, 1.82) is 0 Å². The Labute approximate surface area is 373 Å². The number of carbonyl (C=O) groups excluding carboxylic acids is 8. The molecule has 2 aromatic rings. The smallest absolute Gasteiger partial charge is 0.305 e. The van der Waals surface area contributed by atoms with E-state index in [9.17, 15) is 48.3 Å². The molecule has 350 valence electrons. The molecule has 10 N–H and O–H groups in total. The fourth-order valence-corrected chi connectivity index (χ4v) is 7.08. The quantitative estimate of drug-likeness (QED) is 0.0640. The molecule has 2 aromatic carbocycles. The molecule has 10 atom stereocenters. The molecular formula is C45H64N8O11. The average Bonchev–Trinajstić information content (AvgIpc) is 3.77. The summed E-state index contributed by atoms with van der Waals surface area (Å²) in [7, 11) is 0. The van der Waals surface area contributed by atoms with E-state index in [2.05, 4.69) is 31.9 Å². The first kappa shape index (κ1) is 52.0. The number of phenolic OH excluding ortho intramolecular Hbond substituents is 1.